The van der Waals surface area contributed by atoms with Crippen LogP contribution in [0.15, 0.2) is 66.7 Å². The van der Waals surface area contributed by atoms with Gasteiger partial charge in [0.15, 0.2) is 5.72 Å². The monoisotopic (exact) mass is 417 g/mol. The van der Waals surface area contributed by atoms with Gasteiger partial charge in [0.25, 0.3) is 5.91 Å². The summed E-state index contributed by atoms with van der Waals surface area (Å²) in [7, 11) is 0. The molecule has 1 aliphatic heterocycles. The lowest BCUT2D eigenvalue weighted by Crippen LogP contribution is -2.53. The fraction of sp³-hybridized carbons (Fsp3) is 0.370. The van der Waals surface area contributed by atoms with Gasteiger partial charge in [-0.15, -0.1) is 0 Å². The molecule has 31 heavy (non-hydrogen) atoms. The Morgan fingerprint density at radius 2 is 1.65 bits per heavy atom. The predicted octanol–water partition coefficient (Wildman–Crippen LogP) is 5.53. The van der Waals surface area contributed by atoms with Gasteiger partial charge < -0.3 is 10.2 Å². The molecule has 1 amide bonds. The Labute approximate surface area is 184 Å². The third-order valence-corrected chi connectivity index (χ3v) is 6.60. The van der Waals surface area contributed by atoms with E-state index in [1.54, 1.807) is 18.2 Å². The Morgan fingerprint density at radius 1 is 0.935 bits per heavy atom. The van der Waals surface area contributed by atoms with Crippen molar-refractivity contribution in [1.29, 1.82) is 0 Å². The van der Waals surface area contributed by atoms with Gasteiger partial charge in [0.05, 0.1) is 6.04 Å². The molecule has 162 valence electrons. The molecule has 1 aliphatic rings. The number of aliphatic hydroxyl groups is 2. The van der Waals surface area contributed by atoms with E-state index >= 15 is 0 Å². The summed E-state index contributed by atoms with van der Waals surface area (Å²) >= 11 is 0. The molecule has 0 saturated carbocycles. The quantitative estimate of drug-likeness (QED) is 0.474. The minimum absolute atomic E-state index is 0.244. The summed E-state index contributed by atoms with van der Waals surface area (Å²) in [6.07, 6.45) is 3.39. The molecule has 3 unspecified atom stereocenters. The van der Waals surface area contributed by atoms with E-state index in [-0.39, 0.29) is 5.91 Å². The highest BCUT2D eigenvalue weighted by atomic mass is 16.4. The van der Waals surface area contributed by atoms with Crippen molar-refractivity contribution < 1.29 is 15.0 Å². The number of aliphatic hydroxyl groups excluding tert-OH is 1. The van der Waals surface area contributed by atoms with Crippen LogP contribution in [0, 0.1) is 0 Å². The Bertz CT molecular complexity index is 1070. The normalized spacial score (nSPS) is 20.1. The zero-order valence-corrected chi connectivity index (χ0v) is 18.3. The lowest BCUT2D eigenvalue weighted by molar-refractivity contribution is -0.175. The van der Waals surface area contributed by atoms with Gasteiger partial charge in [-0.25, -0.2) is 0 Å². The maximum absolute atomic E-state index is 13.5. The Balaban J connectivity index is 1.76. The third kappa shape index (κ3) is 3.64. The van der Waals surface area contributed by atoms with Gasteiger partial charge in [-0.1, -0.05) is 93.3 Å². The van der Waals surface area contributed by atoms with Crippen molar-refractivity contribution in [3.05, 3.63) is 83.4 Å². The molecule has 0 aliphatic carbocycles. The van der Waals surface area contributed by atoms with Crippen molar-refractivity contribution in [1.82, 2.24) is 4.90 Å². The van der Waals surface area contributed by atoms with Crippen LogP contribution in [-0.2, 0) is 5.72 Å². The van der Waals surface area contributed by atoms with Crippen LogP contribution in [0.4, 0.5) is 0 Å². The number of rotatable bonds is 8. The number of carbonyl (C=O) groups is 1. The van der Waals surface area contributed by atoms with Gasteiger partial charge >= 0.3 is 0 Å². The van der Waals surface area contributed by atoms with Crippen LogP contribution in [0.3, 0.4) is 0 Å². The molecule has 0 spiro atoms. The summed E-state index contributed by atoms with van der Waals surface area (Å²) in [6.45, 7) is 4.07. The van der Waals surface area contributed by atoms with Crippen molar-refractivity contribution in [2.24, 2.45) is 0 Å². The first-order chi connectivity index (χ1) is 15.0. The molecule has 2 N–H and O–H groups in total. The molecule has 0 fully saturated rings. The van der Waals surface area contributed by atoms with Crippen molar-refractivity contribution >= 4 is 16.7 Å². The average molecular weight is 418 g/mol. The van der Waals surface area contributed by atoms with Gasteiger partial charge in [-0.3, -0.25) is 9.69 Å². The van der Waals surface area contributed by atoms with E-state index in [1.165, 1.54) is 4.90 Å². The summed E-state index contributed by atoms with van der Waals surface area (Å²) in [5.41, 5.74) is 0.159. The number of nitrogens with zero attached hydrogens (tertiary/aromatic N) is 1. The van der Waals surface area contributed by atoms with Crippen molar-refractivity contribution in [3.8, 4) is 0 Å². The highest BCUT2D eigenvalue weighted by molar-refractivity contribution is 6.00. The zero-order valence-electron chi connectivity index (χ0n) is 18.3. The van der Waals surface area contributed by atoms with Crippen LogP contribution < -0.4 is 0 Å². The zero-order chi connectivity index (χ0) is 22.0. The van der Waals surface area contributed by atoms with Gasteiger partial charge in [0.2, 0.25) is 0 Å². The van der Waals surface area contributed by atoms with Gasteiger partial charge in [-0.2, -0.15) is 0 Å². The molecule has 0 aromatic heterocycles. The second-order valence-corrected chi connectivity index (χ2v) is 8.56. The number of unbranched alkanes of at least 4 members (excludes halogenated alkanes) is 3. The molecule has 0 saturated heterocycles. The number of hydrogen-bond acceptors (Lipinski definition) is 3. The molecule has 3 aromatic rings. The second-order valence-electron chi connectivity index (χ2n) is 8.56. The molecule has 4 rings (SSSR count). The number of carbonyl (C=O) groups excluding carboxylic acids is 1. The van der Waals surface area contributed by atoms with Crippen LogP contribution in [0.5, 0.6) is 0 Å². The maximum atomic E-state index is 13.5. The lowest BCUT2D eigenvalue weighted by Gasteiger charge is -2.42. The summed E-state index contributed by atoms with van der Waals surface area (Å²) < 4.78 is 0. The number of hydrogen-bond donors (Lipinski definition) is 2. The van der Waals surface area contributed by atoms with Gasteiger partial charge in [-0.05, 0) is 35.7 Å². The highest BCUT2D eigenvalue weighted by Gasteiger charge is 2.54. The van der Waals surface area contributed by atoms with Gasteiger partial charge in [0.1, 0.15) is 6.10 Å². The average Bonchev–Trinajstić information content (AvgIpc) is 3.04. The Morgan fingerprint density at radius 3 is 2.45 bits per heavy atom. The molecule has 4 heteroatoms. The summed E-state index contributed by atoms with van der Waals surface area (Å²) in [4.78, 5) is 15.0. The molecule has 3 aromatic carbocycles. The van der Waals surface area contributed by atoms with E-state index in [0.29, 0.717) is 17.5 Å². The molecule has 1 heterocycles. The number of benzene rings is 3. The number of amides is 1. The van der Waals surface area contributed by atoms with Crippen LogP contribution in [0.2, 0.25) is 0 Å². The molecule has 0 radical (unpaired) electrons. The molecular weight excluding hydrogens is 386 g/mol. The van der Waals surface area contributed by atoms with Crippen molar-refractivity contribution in [2.75, 3.05) is 0 Å². The van der Waals surface area contributed by atoms with E-state index in [9.17, 15) is 15.0 Å². The standard InChI is InChI=1S/C27H31NO3/c1-3-4-5-6-18-25(29)27(31)24-17-10-9-15-23(24)26(30)28(27)19(2)21-16-11-13-20-12-7-8-14-22(20)21/h7-17,19,25,29,31H,3-6,18H2,1-2H3. The lowest BCUT2D eigenvalue weighted by atomic mass is 9.90. The first kappa shape index (κ1) is 21.5. The molecular formula is C27H31NO3. The second kappa shape index (κ2) is 8.81. The van der Waals surface area contributed by atoms with E-state index in [1.807, 2.05) is 55.5 Å². The van der Waals surface area contributed by atoms with E-state index < -0.39 is 17.9 Å². The Hall–Kier alpha value is -2.69. The van der Waals surface area contributed by atoms with Crippen LogP contribution in [-0.4, -0.2) is 27.1 Å². The third-order valence-electron chi connectivity index (χ3n) is 6.60. The molecule has 0 bridgehead atoms. The van der Waals surface area contributed by atoms with Crippen molar-refractivity contribution in [2.45, 2.75) is 63.8 Å². The SMILES string of the molecule is CCCCCCC(O)C1(O)c2ccccc2C(=O)N1C(C)c1cccc2ccccc12. The van der Waals surface area contributed by atoms with Crippen LogP contribution in [0.25, 0.3) is 10.8 Å². The van der Waals surface area contributed by atoms with Gasteiger partial charge in [0, 0.05) is 11.1 Å². The van der Waals surface area contributed by atoms with E-state index in [4.69, 9.17) is 0 Å². The largest absolute Gasteiger partial charge is 0.388 e. The number of fused-ring (bicyclic) bond motifs is 2. The van der Waals surface area contributed by atoms with Crippen LogP contribution in [0.1, 0.15) is 73.5 Å². The van der Waals surface area contributed by atoms with Crippen molar-refractivity contribution in [3.63, 3.8) is 0 Å². The van der Waals surface area contributed by atoms with E-state index in [0.717, 1.165) is 42.0 Å². The van der Waals surface area contributed by atoms with Crippen LogP contribution >= 0.6 is 0 Å². The molecule has 4 nitrogen and oxygen atoms in total. The maximum Gasteiger partial charge on any atom is 0.257 e. The van der Waals surface area contributed by atoms with E-state index in [2.05, 4.69) is 6.92 Å². The summed E-state index contributed by atoms with van der Waals surface area (Å²) in [5, 5.41) is 25.3. The first-order valence-electron chi connectivity index (χ1n) is 11.3. The first-order valence-corrected chi connectivity index (χ1v) is 11.3. The summed E-state index contributed by atoms with van der Waals surface area (Å²) in [5.74, 6) is -0.244. The highest BCUT2D eigenvalue weighted by Crippen LogP contribution is 2.46. The predicted molar refractivity (Wildman–Crippen MR) is 124 cm³/mol. The fourth-order valence-electron chi connectivity index (χ4n) is 4.94. The minimum Gasteiger partial charge on any atom is -0.388 e. The Kier molecular flexibility index (Phi) is 6.12. The molecule has 3 atom stereocenters. The fourth-order valence-corrected chi connectivity index (χ4v) is 4.94. The minimum atomic E-state index is -1.75. The summed E-state index contributed by atoms with van der Waals surface area (Å²) in [6, 6.07) is 20.8. The smallest absolute Gasteiger partial charge is 0.257 e. The topological polar surface area (TPSA) is 60.8 Å².